The molecule has 2 aromatic rings. The Kier molecular flexibility index (Phi) is 8.35. The molecule has 4 saturated carbocycles. The van der Waals surface area contributed by atoms with Crippen LogP contribution in [-0.4, -0.2) is 58.9 Å². The monoisotopic (exact) mass is 560 g/mol. The molecule has 5 N–H and O–H groups in total. The molecule has 4 aliphatic carbocycles. The van der Waals surface area contributed by atoms with Gasteiger partial charge in [0.25, 0.3) is 0 Å². The lowest BCUT2D eigenvalue weighted by molar-refractivity contribution is -0.274. The minimum Gasteiger partial charge on any atom is -0.405 e. The number of ether oxygens (including phenoxy) is 1. The lowest BCUT2D eigenvalue weighted by Crippen LogP contribution is -2.60. The Morgan fingerprint density at radius 3 is 2.50 bits per heavy atom. The molecule has 1 aromatic carbocycles. The van der Waals surface area contributed by atoms with Gasteiger partial charge in [-0.25, -0.2) is 4.98 Å². The summed E-state index contributed by atoms with van der Waals surface area (Å²) >= 11 is 0. The largest absolute Gasteiger partial charge is 0.573 e. The van der Waals surface area contributed by atoms with E-state index in [1.165, 1.54) is 37.2 Å². The van der Waals surface area contributed by atoms with Gasteiger partial charge in [0.05, 0.1) is 6.20 Å². The van der Waals surface area contributed by atoms with Crippen molar-refractivity contribution < 1.29 is 28.1 Å². The predicted molar refractivity (Wildman–Crippen MR) is 141 cm³/mol. The lowest BCUT2D eigenvalue weighted by atomic mass is 9.48. The number of halogens is 3. The van der Waals surface area contributed by atoms with Crippen LogP contribution in [0.5, 0.6) is 5.75 Å². The number of aliphatic hydroxyl groups is 2. The van der Waals surface area contributed by atoms with Gasteiger partial charge >= 0.3 is 6.36 Å². The van der Waals surface area contributed by atoms with E-state index in [4.69, 9.17) is 0 Å². The molecular formula is C28H35F3N6O3. The number of hydrogen-bond donors (Lipinski definition) is 5. The molecule has 216 valence electrons. The zero-order chi connectivity index (χ0) is 28.3. The van der Waals surface area contributed by atoms with Crippen LogP contribution in [0.25, 0.3) is 0 Å². The van der Waals surface area contributed by atoms with E-state index in [2.05, 4.69) is 36.7 Å². The maximum absolute atomic E-state index is 12.8. The van der Waals surface area contributed by atoms with E-state index in [9.17, 15) is 28.6 Å². The van der Waals surface area contributed by atoms with E-state index < -0.39 is 6.36 Å². The van der Waals surface area contributed by atoms with Crippen molar-refractivity contribution in [2.24, 2.45) is 29.1 Å². The average molecular weight is 561 g/mol. The third-order valence-electron chi connectivity index (χ3n) is 8.73. The molecule has 6 rings (SSSR count). The van der Waals surface area contributed by atoms with E-state index in [0.29, 0.717) is 53.8 Å². The molecule has 4 bridgehead atoms. The van der Waals surface area contributed by atoms with Crippen LogP contribution >= 0.6 is 0 Å². The second kappa shape index (κ2) is 11.8. The lowest BCUT2D eigenvalue weighted by Gasteiger charge is -2.60. The normalized spacial score (nSPS) is 27.0. The second-order valence-electron chi connectivity index (χ2n) is 11.6. The Morgan fingerprint density at radius 1 is 1.10 bits per heavy atom. The predicted octanol–water partition coefficient (Wildman–Crippen LogP) is 3.66. The molecule has 1 heterocycles. The maximum atomic E-state index is 12.8. The molecule has 4 fully saturated rings. The number of nitrogens with zero attached hydrogens (tertiary/aromatic N) is 3. The van der Waals surface area contributed by atoms with Gasteiger partial charge in [-0.1, -0.05) is 18.2 Å². The summed E-state index contributed by atoms with van der Waals surface area (Å²) in [4.78, 5) is 8.66. The fraction of sp³-hybridized carbons (Fsp3) is 0.607. The van der Waals surface area contributed by atoms with Gasteiger partial charge in [0, 0.05) is 50.4 Å². The van der Waals surface area contributed by atoms with E-state index in [-0.39, 0.29) is 42.8 Å². The first kappa shape index (κ1) is 28.4. The smallest absolute Gasteiger partial charge is 0.405 e. The van der Waals surface area contributed by atoms with Crippen LogP contribution in [0.1, 0.15) is 43.2 Å². The summed E-state index contributed by atoms with van der Waals surface area (Å²) in [7, 11) is 0. The first-order valence-corrected chi connectivity index (χ1v) is 13.7. The van der Waals surface area contributed by atoms with Gasteiger partial charge in [0.2, 0.25) is 5.95 Å². The summed E-state index contributed by atoms with van der Waals surface area (Å²) in [5.74, 6) is 1.88. The van der Waals surface area contributed by atoms with Crippen molar-refractivity contribution in [1.82, 2.24) is 15.3 Å². The second-order valence-corrected chi connectivity index (χ2v) is 11.6. The van der Waals surface area contributed by atoms with Crippen molar-refractivity contribution in [1.29, 1.82) is 5.26 Å². The van der Waals surface area contributed by atoms with E-state index in [0.717, 1.165) is 19.3 Å². The van der Waals surface area contributed by atoms with Crippen molar-refractivity contribution in [2.45, 2.75) is 51.1 Å². The average Bonchev–Trinajstić information content (AvgIpc) is 2.92. The zero-order valence-electron chi connectivity index (χ0n) is 22.1. The number of alkyl halides is 3. The summed E-state index contributed by atoms with van der Waals surface area (Å²) in [5, 5.41) is 38.5. The molecule has 9 nitrogen and oxygen atoms in total. The van der Waals surface area contributed by atoms with Crippen molar-refractivity contribution >= 4 is 11.8 Å². The molecule has 1 unspecified atom stereocenters. The number of para-hydroxylation sites is 1. The Morgan fingerprint density at radius 2 is 1.82 bits per heavy atom. The summed E-state index contributed by atoms with van der Waals surface area (Å²) in [5.41, 5.74) is 0.694. The van der Waals surface area contributed by atoms with Crippen LogP contribution in [0, 0.1) is 40.4 Å². The van der Waals surface area contributed by atoms with E-state index in [1.807, 2.05) is 0 Å². The van der Waals surface area contributed by atoms with Crippen molar-refractivity contribution in [3.05, 3.63) is 41.6 Å². The molecular weight excluding hydrogens is 525 g/mol. The molecule has 5 atom stereocenters. The van der Waals surface area contributed by atoms with Crippen LogP contribution in [0.3, 0.4) is 0 Å². The van der Waals surface area contributed by atoms with Crippen LogP contribution in [-0.2, 0) is 6.54 Å². The van der Waals surface area contributed by atoms with E-state index >= 15 is 0 Å². The van der Waals surface area contributed by atoms with Crippen LogP contribution < -0.4 is 20.7 Å². The third-order valence-corrected chi connectivity index (χ3v) is 8.73. The highest BCUT2D eigenvalue weighted by Gasteiger charge is 2.55. The van der Waals surface area contributed by atoms with Crippen molar-refractivity contribution in [2.75, 3.05) is 36.9 Å². The molecule has 40 heavy (non-hydrogen) atoms. The Balaban J connectivity index is 1.23. The zero-order valence-corrected chi connectivity index (χ0v) is 22.1. The van der Waals surface area contributed by atoms with E-state index in [1.54, 1.807) is 6.07 Å². The number of nitrogens with one attached hydrogen (secondary N) is 3. The Bertz CT molecular complexity index is 1200. The minimum atomic E-state index is -4.80. The SMILES string of the molecule is N#Cc1cnc(NCc2ccccc2OC(F)(F)F)nc1NC[C@]12CC3C[C@H](C1)[C@@H](NCC(CO)CO)[C@@H](C3)C2. The summed E-state index contributed by atoms with van der Waals surface area (Å²) in [6.07, 6.45) is 2.22. The number of rotatable bonds is 12. The number of aliphatic hydroxyl groups excluding tert-OH is 2. The fourth-order valence-corrected chi connectivity index (χ4v) is 7.24. The molecule has 0 radical (unpaired) electrons. The van der Waals surface area contributed by atoms with Gasteiger partial charge in [-0.05, 0) is 61.3 Å². The summed E-state index contributed by atoms with van der Waals surface area (Å²) in [6, 6.07) is 8.38. The quantitative estimate of drug-likeness (QED) is 0.264. The third kappa shape index (κ3) is 6.43. The highest BCUT2D eigenvalue weighted by atomic mass is 19.4. The maximum Gasteiger partial charge on any atom is 0.573 e. The van der Waals surface area contributed by atoms with Crippen LogP contribution in [0.2, 0.25) is 0 Å². The highest BCUT2D eigenvalue weighted by molar-refractivity contribution is 5.53. The number of anilines is 2. The molecule has 0 amide bonds. The number of aromatic nitrogens is 2. The topological polar surface area (TPSA) is 135 Å². The van der Waals surface area contributed by atoms with Crippen molar-refractivity contribution in [3.8, 4) is 11.8 Å². The Labute approximate surface area is 231 Å². The van der Waals surface area contributed by atoms with Crippen molar-refractivity contribution in [3.63, 3.8) is 0 Å². The minimum absolute atomic E-state index is 0.00831. The molecule has 4 aliphatic rings. The van der Waals surface area contributed by atoms with Gasteiger partial charge in [0.15, 0.2) is 0 Å². The molecule has 0 spiro atoms. The van der Waals surface area contributed by atoms with Gasteiger partial charge in [-0.2, -0.15) is 10.2 Å². The number of nitriles is 1. The number of benzene rings is 1. The Hall–Kier alpha value is -3.14. The highest BCUT2D eigenvalue weighted by Crippen LogP contribution is 2.60. The van der Waals surface area contributed by atoms with Gasteiger partial charge in [0.1, 0.15) is 23.2 Å². The van der Waals surface area contributed by atoms with Crippen LogP contribution in [0.15, 0.2) is 30.5 Å². The number of hydrogen-bond acceptors (Lipinski definition) is 9. The molecule has 12 heteroatoms. The first-order chi connectivity index (χ1) is 19.2. The standard InChI is InChI=1S/C28H35F3N6O3/c29-28(30,31)40-23-4-2-1-3-19(23)12-34-26-35-13-22(10-32)25(37-26)36-16-27-7-17-5-20(8-27)24(21(6-17)9-27)33-11-18(14-38)15-39/h1-4,13,17-18,20-21,24,33,38-39H,5-9,11-12,14-16H2,(H2,34,35,36,37)/t17?,20-,21+,24-,27-. The summed E-state index contributed by atoms with van der Waals surface area (Å²) in [6.45, 7) is 1.22. The summed E-state index contributed by atoms with van der Waals surface area (Å²) < 4.78 is 42.4. The molecule has 1 aromatic heterocycles. The molecule has 0 saturated heterocycles. The van der Waals surface area contributed by atoms with Gasteiger partial charge < -0.3 is 30.9 Å². The molecule has 0 aliphatic heterocycles. The van der Waals surface area contributed by atoms with Gasteiger partial charge in [-0.15, -0.1) is 13.2 Å². The first-order valence-electron chi connectivity index (χ1n) is 13.7. The van der Waals surface area contributed by atoms with Gasteiger partial charge in [-0.3, -0.25) is 0 Å². The van der Waals surface area contributed by atoms with Crippen LogP contribution in [0.4, 0.5) is 24.9 Å². The fourth-order valence-electron chi connectivity index (χ4n) is 7.24.